The Kier molecular flexibility index (Phi) is 7.30. The van der Waals surface area contributed by atoms with Crippen LogP contribution in [0.2, 0.25) is 0 Å². The molecule has 0 unspecified atom stereocenters. The lowest BCUT2D eigenvalue weighted by Crippen LogP contribution is -2.15. The Balaban J connectivity index is 2.02. The Hall–Kier alpha value is -1.65. The Morgan fingerprint density at radius 1 is 0.783 bits per heavy atom. The third kappa shape index (κ3) is 5.81. The van der Waals surface area contributed by atoms with Gasteiger partial charge in [-0.3, -0.25) is 0 Å². The van der Waals surface area contributed by atoms with Crippen LogP contribution in [0.1, 0.15) is 24.5 Å². The average molecular weight is 331 g/mol. The van der Waals surface area contributed by atoms with Gasteiger partial charge in [0.2, 0.25) is 0 Å². The quantitative estimate of drug-likeness (QED) is 0.617. The van der Waals surface area contributed by atoms with E-state index in [2.05, 4.69) is 35.5 Å². The van der Waals surface area contributed by atoms with Crippen molar-refractivity contribution in [2.24, 2.45) is 0 Å². The minimum Gasteiger partial charge on any atom is -0.497 e. The normalized spacial score (nSPS) is 10.8. The van der Waals surface area contributed by atoms with Gasteiger partial charge in [-0.25, -0.2) is 4.31 Å². The molecule has 2 rings (SSSR count). The fourth-order valence-electron chi connectivity index (χ4n) is 2.24. The lowest BCUT2D eigenvalue weighted by Gasteiger charge is -2.21. The van der Waals surface area contributed by atoms with Gasteiger partial charge in [0.25, 0.3) is 0 Å². The summed E-state index contributed by atoms with van der Waals surface area (Å²) in [6.45, 7) is 4.05. The first-order chi connectivity index (χ1) is 11.2. The highest BCUT2D eigenvalue weighted by atomic mass is 32.2. The predicted molar refractivity (Wildman–Crippen MR) is 98.0 cm³/mol. The van der Waals surface area contributed by atoms with Gasteiger partial charge in [-0.1, -0.05) is 43.1 Å². The molecule has 0 heterocycles. The molecule has 23 heavy (non-hydrogen) atoms. The molecule has 0 aliphatic carbocycles. The molecule has 3 nitrogen and oxygen atoms in total. The number of ether oxygens (including phenoxy) is 2. The van der Waals surface area contributed by atoms with Gasteiger partial charge in [0.1, 0.15) is 11.5 Å². The lowest BCUT2D eigenvalue weighted by molar-refractivity contribution is 0.413. The van der Waals surface area contributed by atoms with Gasteiger partial charge in [0, 0.05) is 18.8 Å². The molecule has 0 saturated carbocycles. The molecule has 2 aromatic rings. The summed E-state index contributed by atoms with van der Waals surface area (Å²) in [4.78, 5) is 0. The molecular weight excluding hydrogens is 306 g/mol. The topological polar surface area (TPSA) is 21.7 Å². The van der Waals surface area contributed by atoms with E-state index in [0.29, 0.717) is 0 Å². The van der Waals surface area contributed by atoms with E-state index in [4.69, 9.17) is 9.47 Å². The van der Waals surface area contributed by atoms with E-state index < -0.39 is 0 Å². The summed E-state index contributed by atoms with van der Waals surface area (Å²) in [6.07, 6.45) is 1.17. The van der Waals surface area contributed by atoms with Crippen LogP contribution >= 0.6 is 11.9 Å². The first-order valence-corrected chi connectivity index (χ1v) is 8.83. The maximum Gasteiger partial charge on any atom is 0.118 e. The Morgan fingerprint density at radius 2 is 1.22 bits per heavy atom. The highest BCUT2D eigenvalue weighted by Crippen LogP contribution is 2.22. The van der Waals surface area contributed by atoms with Crippen LogP contribution in [-0.2, 0) is 13.1 Å². The minimum absolute atomic E-state index is 0.900. The minimum atomic E-state index is 0.900. The van der Waals surface area contributed by atoms with Crippen molar-refractivity contribution < 1.29 is 9.47 Å². The summed E-state index contributed by atoms with van der Waals surface area (Å²) in [6, 6.07) is 16.6. The monoisotopic (exact) mass is 331 g/mol. The summed E-state index contributed by atoms with van der Waals surface area (Å²) in [5.41, 5.74) is 2.59. The summed E-state index contributed by atoms with van der Waals surface area (Å²) in [5.74, 6) is 2.93. The van der Waals surface area contributed by atoms with E-state index in [0.717, 1.165) is 30.3 Å². The van der Waals surface area contributed by atoms with Crippen LogP contribution in [-0.4, -0.2) is 24.3 Å². The second-order valence-corrected chi connectivity index (χ2v) is 6.51. The molecule has 124 valence electrons. The molecule has 4 heteroatoms. The van der Waals surface area contributed by atoms with Gasteiger partial charge in [-0.05, 0) is 41.8 Å². The molecule has 0 fully saturated rings. The summed E-state index contributed by atoms with van der Waals surface area (Å²) in [7, 11) is 3.39. The lowest BCUT2D eigenvalue weighted by atomic mass is 10.2. The molecule has 0 spiro atoms. The number of nitrogens with zero attached hydrogens (tertiary/aromatic N) is 1. The third-order valence-electron chi connectivity index (χ3n) is 3.51. The number of hydrogen-bond acceptors (Lipinski definition) is 4. The van der Waals surface area contributed by atoms with Gasteiger partial charge in [-0.2, -0.15) is 0 Å². The number of rotatable bonds is 9. The SMILES string of the molecule is CCCSN(Cc1ccc(OC)cc1)Cc1ccc(OC)cc1. The second kappa shape index (κ2) is 9.48. The number of methoxy groups -OCH3 is 2. The molecule has 0 aliphatic heterocycles. The van der Waals surface area contributed by atoms with Crippen LogP contribution in [0.3, 0.4) is 0 Å². The molecule has 0 bridgehead atoms. The van der Waals surface area contributed by atoms with E-state index in [1.54, 1.807) is 14.2 Å². The molecule has 0 aromatic heterocycles. The van der Waals surface area contributed by atoms with Crippen molar-refractivity contribution >= 4 is 11.9 Å². The summed E-state index contributed by atoms with van der Waals surface area (Å²) < 4.78 is 12.9. The van der Waals surface area contributed by atoms with Crippen LogP contribution < -0.4 is 9.47 Å². The number of benzene rings is 2. The van der Waals surface area contributed by atoms with Crippen LogP contribution in [0, 0.1) is 0 Å². The highest BCUT2D eigenvalue weighted by molar-refractivity contribution is 7.96. The van der Waals surface area contributed by atoms with Crippen molar-refractivity contribution in [3.05, 3.63) is 59.7 Å². The Labute approximate surface area is 143 Å². The third-order valence-corrected chi connectivity index (χ3v) is 4.73. The first kappa shape index (κ1) is 17.7. The Bertz CT molecular complexity index is 519. The smallest absolute Gasteiger partial charge is 0.118 e. The van der Waals surface area contributed by atoms with Gasteiger partial charge in [0.05, 0.1) is 14.2 Å². The zero-order valence-electron chi connectivity index (χ0n) is 14.1. The molecule has 0 amide bonds. The van der Waals surface area contributed by atoms with E-state index >= 15 is 0 Å². The fraction of sp³-hybridized carbons (Fsp3) is 0.368. The summed E-state index contributed by atoms with van der Waals surface area (Å²) >= 11 is 1.90. The van der Waals surface area contributed by atoms with Crippen molar-refractivity contribution in [2.45, 2.75) is 26.4 Å². The number of hydrogen-bond donors (Lipinski definition) is 0. The van der Waals surface area contributed by atoms with E-state index in [-0.39, 0.29) is 0 Å². The summed E-state index contributed by atoms with van der Waals surface area (Å²) in [5, 5.41) is 0. The molecule has 0 aliphatic rings. The molecule has 0 atom stereocenters. The van der Waals surface area contributed by atoms with E-state index in [1.807, 2.05) is 36.2 Å². The largest absolute Gasteiger partial charge is 0.497 e. The maximum absolute atomic E-state index is 5.23. The molecule has 0 saturated heterocycles. The van der Waals surface area contributed by atoms with Gasteiger partial charge in [0.15, 0.2) is 0 Å². The molecule has 0 radical (unpaired) electrons. The van der Waals surface area contributed by atoms with E-state index in [9.17, 15) is 0 Å². The second-order valence-electron chi connectivity index (χ2n) is 5.33. The van der Waals surface area contributed by atoms with Crippen molar-refractivity contribution in [2.75, 3.05) is 20.0 Å². The average Bonchev–Trinajstić information content (AvgIpc) is 2.61. The van der Waals surface area contributed by atoms with Crippen molar-refractivity contribution in [1.29, 1.82) is 0 Å². The zero-order chi connectivity index (χ0) is 16.5. The highest BCUT2D eigenvalue weighted by Gasteiger charge is 2.08. The molecular formula is C19H25NO2S. The van der Waals surface area contributed by atoms with Crippen LogP contribution in [0.4, 0.5) is 0 Å². The van der Waals surface area contributed by atoms with Gasteiger partial charge >= 0.3 is 0 Å². The zero-order valence-corrected chi connectivity index (χ0v) is 14.9. The maximum atomic E-state index is 5.23. The fourth-order valence-corrected chi connectivity index (χ4v) is 3.16. The van der Waals surface area contributed by atoms with Crippen molar-refractivity contribution in [3.8, 4) is 11.5 Å². The molecule has 0 N–H and O–H groups in total. The van der Waals surface area contributed by atoms with Crippen LogP contribution in [0.5, 0.6) is 11.5 Å². The van der Waals surface area contributed by atoms with Crippen molar-refractivity contribution in [3.63, 3.8) is 0 Å². The van der Waals surface area contributed by atoms with E-state index in [1.165, 1.54) is 17.5 Å². The standard InChI is InChI=1S/C19H25NO2S/c1-4-13-23-20(14-16-5-9-18(21-2)10-6-16)15-17-7-11-19(22-3)12-8-17/h5-12H,4,13-15H2,1-3H3. The van der Waals surface area contributed by atoms with Gasteiger partial charge < -0.3 is 9.47 Å². The van der Waals surface area contributed by atoms with Gasteiger partial charge in [-0.15, -0.1) is 0 Å². The first-order valence-electron chi connectivity index (χ1n) is 7.89. The van der Waals surface area contributed by atoms with Crippen molar-refractivity contribution in [1.82, 2.24) is 4.31 Å². The van der Waals surface area contributed by atoms with Crippen LogP contribution in [0.15, 0.2) is 48.5 Å². The Morgan fingerprint density at radius 3 is 1.57 bits per heavy atom. The molecule has 2 aromatic carbocycles. The van der Waals surface area contributed by atoms with Crippen LogP contribution in [0.25, 0.3) is 0 Å². The predicted octanol–water partition coefficient (Wildman–Crippen LogP) is 4.76.